The topological polar surface area (TPSA) is 53.6 Å². The van der Waals surface area contributed by atoms with E-state index < -0.39 is 0 Å². The van der Waals surface area contributed by atoms with Crippen LogP contribution in [-0.2, 0) is 13.0 Å². The molecule has 0 radical (unpaired) electrons. The number of fused-ring (bicyclic) bond motifs is 1. The zero-order valence-corrected chi connectivity index (χ0v) is 15.4. The Bertz CT molecular complexity index is 431. The van der Waals surface area contributed by atoms with Crippen molar-refractivity contribution in [1.82, 2.24) is 10.2 Å². The smallest absolute Gasteiger partial charge is 0.188 e. The maximum atomic E-state index is 5.82. The predicted molar refractivity (Wildman–Crippen MR) is 98.0 cm³/mol. The Hall–Kier alpha value is -0.340. The van der Waals surface area contributed by atoms with Crippen LogP contribution in [0.1, 0.15) is 24.3 Å². The zero-order chi connectivity index (χ0) is 13.7. The Morgan fingerprint density at radius 2 is 2.35 bits per heavy atom. The maximum absolute atomic E-state index is 5.82. The number of thiophene rings is 1. The van der Waals surface area contributed by atoms with Gasteiger partial charge in [0.15, 0.2) is 5.96 Å². The third-order valence-corrected chi connectivity index (χ3v) is 4.27. The molecule has 2 heterocycles. The zero-order valence-electron chi connectivity index (χ0n) is 12.3. The van der Waals surface area contributed by atoms with Crippen LogP contribution in [-0.4, -0.2) is 37.0 Å². The SMILES string of the molecule is CC(C)CN=C(N)NCCN1CCc2sccc2C1.I. The van der Waals surface area contributed by atoms with E-state index >= 15 is 0 Å². The number of halogens is 1. The Morgan fingerprint density at radius 1 is 1.55 bits per heavy atom. The molecule has 0 fully saturated rings. The molecule has 2 rings (SSSR count). The molecule has 6 heteroatoms. The van der Waals surface area contributed by atoms with E-state index in [1.807, 2.05) is 11.3 Å². The van der Waals surface area contributed by atoms with Crippen molar-refractivity contribution >= 4 is 41.3 Å². The van der Waals surface area contributed by atoms with E-state index in [1.54, 1.807) is 4.88 Å². The quantitative estimate of drug-likeness (QED) is 0.447. The van der Waals surface area contributed by atoms with Crippen molar-refractivity contribution < 1.29 is 0 Å². The Balaban J connectivity index is 0.00000200. The van der Waals surface area contributed by atoms with Crippen molar-refractivity contribution in [3.8, 4) is 0 Å². The Morgan fingerprint density at radius 3 is 3.10 bits per heavy atom. The van der Waals surface area contributed by atoms with Crippen molar-refractivity contribution in [3.05, 3.63) is 21.9 Å². The molecule has 1 aromatic rings. The minimum Gasteiger partial charge on any atom is -0.370 e. The molecular weight excluding hydrogens is 383 g/mol. The second kappa shape index (κ2) is 8.84. The Labute approximate surface area is 142 Å². The summed E-state index contributed by atoms with van der Waals surface area (Å²) in [7, 11) is 0. The first-order chi connectivity index (χ1) is 9.15. The highest BCUT2D eigenvalue weighted by atomic mass is 127. The number of nitrogens with two attached hydrogens (primary N) is 1. The molecular formula is C14H25IN4S. The molecule has 0 spiro atoms. The van der Waals surface area contributed by atoms with Gasteiger partial charge in [-0.05, 0) is 29.3 Å². The molecule has 0 unspecified atom stereocenters. The summed E-state index contributed by atoms with van der Waals surface area (Å²) in [5, 5.41) is 5.39. The van der Waals surface area contributed by atoms with Gasteiger partial charge in [-0.25, -0.2) is 0 Å². The number of hydrogen-bond acceptors (Lipinski definition) is 3. The summed E-state index contributed by atoms with van der Waals surface area (Å²) in [6.45, 7) is 9.19. The first-order valence-corrected chi connectivity index (χ1v) is 7.84. The summed E-state index contributed by atoms with van der Waals surface area (Å²) >= 11 is 1.88. The van der Waals surface area contributed by atoms with Crippen LogP contribution in [0.2, 0.25) is 0 Å². The average Bonchev–Trinajstić information content (AvgIpc) is 2.83. The van der Waals surface area contributed by atoms with Crippen LogP contribution in [0.5, 0.6) is 0 Å². The molecule has 0 saturated carbocycles. The highest BCUT2D eigenvalue weighted by Gasteiger charge is 2.16. The van der Waals surface area contributed by atoms with Gasteiger partial charge in [-0.3, -0.25) is 9.89 Å². The first kappa shape index (κ1) is 17.7. The van der Waals surface area contributed by atoms with Gasteiger partial charge in [0, 0.05) is 37.6 Å². The van der Waals surface area contributed by atoms with E-state index in [1.165, 1.54) is 12.0 Å². The molecule has 3 N–H and O–H groups in total. The molecule has 0 amide bonds. The molecule has 0 bridgehead atoms. The van der Waals surface area contributed by atoms with E-state index in [9.17, 15) is 0 Å². The van der Waals surface area contributed by atoms with E-state index in [4.69, 9.17) is 5.73 Å². The van der Waals surface area contributed by atoms with Gasteiger partial charge in [0.2, 0.25) is 0 Å². The maximum Gasteiger partial charge on any atom is 0.188 e. The molecule has 20 heavy (non-hydrogen) atoms. The second-order valence-corrected chi connectivity index (χ2v) is 6.44. The average molecular weight is 408 g/mol. The number of nitrogens with zero attached hydrogens (tertiary/aromatic N) is 2. The van der Waals surface area contributed by atoms with Gasteiger partial charge >= 0.3 is 0 Å². The lowest BCUT2D eigenvalue weighted by Crippen LogP contribution is -2.40. The number of rotatable bonds is 5. The summed E-state index contributed by atoms with van der Waals surface area (Å²) in [6, 6.07) is 2.25. The van der Waals surface area contributed by atoms with Crippen LogP contribution in [0.25, 0.3) is 0 Å². The fourth-order valence-electron chi connectivity index (χ4n) is 2.18. The van der Waals surface area contributed by atoms with E-state index in [-0.39, 0.29) is 24.0 Å². The van der Waals surface area contributed by atoms with Crippen LogP contribution in [0.4, 0.5) is 0 Å². The minimum atomic E-state index is 0. The summed E-state index contributed by atoms with van der Waals surface area (Å²) in [5.41, 5.74) is 7.32. The summed E-state index contributed by atoms with van der Waals surface area (Å²) in [5.74, 6) is 1.13. The second-order valence-electron chi connectivity index (χ2n) is 5.44. The highest BCUT2D eigenvalue weighted by molar-refractivity contribution is 14.0. The normalized spacial score (nSPS) is 15.8. The van der Waals surface area contributed by atoms with Crippen LogP contribution in [0.3, 0.4) is 0 Å². The largest absolute Gasteiger partial charge is 0.370 e. The molecule has 1 aromatic heterocycles. The third kappa shape index (κ3) is 5.57. The van der Waals surface area contributed by atoms with Crippen molar-refractivity contribution in [2.45, 2.75) is 26.8 Å². The molecule has 1 aliphatic rings. The van der Waals surface area contributed by atoms with Gasteiger partial charge in [0.25, 0.3) is 0 Å². The molecule has 0 saturated heterocycles. The molecule has 114 valence electrons. The monoisotopic (exact) mass is 408 g/mol. The highest BCUT2D eigenvalue weighted by Crippen LogP contribution is 2.23. The fourth-order valence-corrected chi connectivity index (χ4v) is 3.07. The molecule has 1 aliphatic heterocycles. The molecule has 0 atom stereocenters. The van der Waals surface area contributed by atoms with Crippen LogP contribution in [0, 0.1) is 5.92 Å². The van der Waals surface area contributed by atoms with Crippen LogP contribution < -0.4 is 11.1 Å². The summed E-state index contributed by atoms with van der Waals surface area (Å²) in [4.78, 5) is 8.33. The lowest BCUT2D eigenvalue weighted by atomic mass is 10.1. The minimum absolute atomic E-state index is 0. The summed E-state index contributed by atoms with van der Waals surface area (Å²) in [6.07, 6.45) is 1.18. The van der Waals surface area contributed by atoms with Gasteiger partial charge < -0.3 is 11.1 Å². The van der Waals surface area contributed by atoms with E-state index in [2.05, 4.69) is 40.5 Å². The number of nitrogens with one attached hydrogen (secondary N) is 1. The van der Waals surface area contributed by atoms with Crippen molar-refractivity contribution in [1.29, 1.82) is 0 Å². The van der Waals surface area contributed by atoms with E-state index in [0.717, 1.165) is 32.7 Å². The van der Waals surface area contributed by atoms with Crippen LogP contribution in [0.15, 0.2) is 16.4 Å². The standard InChI is InChI=1S/C14H24N4S.HI/c1-11(2)9-17-14(15)16-5-7-18-6-3-13-12(10-18)4-8-19-13;/h4,8,11H,3,5-7,9-10H2,1-2H3,(H3,15,16,17);1H. The molecule has 4 nitrogen and oxygen atoms in total. The number of hydrogen-bond donors (Lipinski definition) is 2. The predicted octanol–water partition coefficient (Wildman–Crippen LogP) is 2.28. The van der Waals surface area contributed by atoms with Crippen molar-refractivity contribution in [3.63, 3.8) is 0 Å². The third-order valence-electron chi connectivity index (χ3n) is 3.25. The van der Waals surface area contributed by atoms with Gasteiger partial charge in [-0.2, -0.15) is 0 Å². The van der Waals surface area contributed by atoms with Crippen molar-refractivity contribution in [2.75, 3.05) is 26.2 Å². The summed E-state index contributed by atoms with van der Waals surface area (Å²) < 4.78 is 0. The van der Waals surface area contributed by atoms with Gasteiger partial charge in [0.1, 0.15) is 0 Å². The number of guanidine groups is 1. The first-order valence-electron chi connectivity index (χ1n) is 6.96. The number of aliphatic imine (C=N–C) groups is 1. The lowest BCUT2D eigenvalue weighted by molar-refractivity contribution is 0.260. The lowest BCUT2D eigenvalue weighted by Gasteiger charge is -2.26. The van der Waals surface area contributed by atoms with Gasteiger partial charge in [-0.15, -0.1) is 35.3 Å². The molecule has 0 aromatic carbocycles. The van der Waals surface area contributed by atoms with Crippen molar-refractivity contribution in [2.24, 2.45) is 16.6 Å². The van der Waals surface area contributed by atoms with Crippen LogP contribution >= 0.6 is 35.3 Å². The van der Waals surface area contributed by atoms with E-state index in [0.29, 0.717) is 11.9 Å². The van der Waals surface area contributed by atoms with Gasteiger partial charge in [0.05, 0.1) is 0 Å². The Kier molecular flexibility index (Phi) is 7.83. The fraction of sp³-hybridized carbons (Fsp3) is 0.643. The molecule has 0 aliphatic carbocycles. The van der Waals surface area contributed by atoms with Gasteiger partial charge in [-0.1, -0.05) is 13.8 Å².